The van der Waals surface area contributed by atoms with Crippen molar-refractivity contribution >= 4 is 56.4 Å². The van der Waals surface area contributed by atoms with E-state index in [-0.39, 0.29) is 11.1 Å². The van der Waals surface area contributed by atoms with E-state index < -0.39 is 0 Å². The number of nitriles is 2. The van der Waals surface area contributed by atoms with Crippen molar-refractivity contribution in [3.63, 3.8) is 0 Å². The zero-order valence-corrected chi connectivity index (χ0v) is 14.1. The van der Waals surface area contributed by atoms with E-state index in [1.165, 1.54) is 11.3 Å². The van der Waals surface area contributed by atoms with Crippen LogP contribution >= 0.6 is 34.0 Å². The van der Waals surface area contributed by atoms with Crippen LogP contribution in [0.15, 0.2) is 45.0 Å². The Morgan fingerprint density at radius 1 is 0.826 bits per heavy atom. The first-order valence-electron chi connectivity index (χ1n) is 6.44. The first-order chi connectivity index (χ1) is 11.3. The lowest BCUT2D eigenvalue weighted by Gasteiger charge is -1.87. The summed E-state index contributed by atoms with van der Waals surface area (Å²) in [5, 5.41) is 23.6. The van der Waals surface area contributed by atoms with Crippen molar-refractivity contribution in [2.24, 2.45) is 9.98 Å². The van der Waals surface area contributed by atoms with Crippen molar-refractivity contribution in [3.8, 4) is 12.1 Å². The fraction of sp³-hybridized carbons (Fsp3) is 0. The minimum atomic E-state index is 0.281. The summed E-state index contributed by atoms with van der Waals surface area (Å²) in [4.78, 5) is 10.7. The molecule has 3 heterocycles. The Balaban J connectivity index is 1.98. The standard InChI is InChI=1S/C16H8N4S3/c17-7-13-14(8-18)16(20-10-12-4-2-6-22-12)23-15(13)19-9-11-3-1-5-21-11/h1-6,9-10H/b19-9+,20-10+. The van der Waals surface area contributed by atoms with Gasteiger partial charge >= 0.3 is 0 Å². The second kappa shape index (κ2) is 7.12. The molecule has 0 bridgehead atoms. The number of nitrogens with zero attached hydrogens (tertiary/aromatic N) is 4. The Morgan fingerprint density at radius 3 is 1.65 bits per heavy atom. The molecule has 0 radical (unpaired) electrons. The average Bonchev–Trinajstić information content (AvgIpc) is 3.30. The van der Waals surface area contributed by atoms with Crippen LogP contribution in [0.3, 0.4) is 0 Å². The molecule has 0 fully saturated rings. The van der Waals surface area contributed by atoms with Crippen LogP contribution in [-0.2, 0) is 0 Å². The van der Waals surface area contributed by atoms with Gasteiger partial charge in [0.25, 0.3) is 0 Å². The first kappa shape index (κ1) is 15.3. The predicted octanol–water partition coefficient (Wildman–Crippen LogP) is 5.12. The SMILES string of the molecule is N#Cc1c(/N=C/c2cccs2)sc(/N=C/c2cccs2)c1C#N. The molecule has 0 spiro atoms. The summed E-state index contributed by atoms with van der Waals surface area (Å²) >= 11 is 4.37. The third kappa shape index (κ3) is 3.43. The lowest BCUT2D eigenvalue weighted by atomic mass is 10.2. The van der Waals surface area contributed by atoms with E-state index in [1.54, 1.807) is 35.1 Å². The second-order valence-corrected chi connectivity index (χ2v) is 7.17. The maximum Gasteiger partial charge on any atom is 0.137 e. The summed E-state index contributed by atoms with van der Waals surface area (Å²) in [5.41, 5.74) is 0.562. The minimum absolute atomic E-state index is 0.281. The molecule has 4 nitrogen and oxygen atoms in total. The van der Waals surface area contributed by atoms with Gasteiger partial charge in [-0.05, 0) is 22.9 Å². The monoisotopic (exact) mass is 352 g/mol. The highest BCUT2D eigenvalue weighted by molar-refractivity contribution is 7.20. The number of hydrogen-bond donors (Lipinski definition) is 0. The van der Waals surface area contributed by atoms with Gasteiger partial charge in [0, 0.05) is 22.2 Å². The van der Waals surface area contributed by atoms with Crippen LogP contribution in [0.5, 0.6) is 0 Å². The highest BCUT2D eigenvalue weighted by atomic mass is 32.1. The van der Waals surface area contributed by atoms with E-state index in [4.69, 9.17) is 0 Å². The molecular weight excluding hydrogens is 344 g/mol. The first-order valence-corrected chi connectivity index (χ1v) is 9.01. The average molecular weight is 352 g/mol. The van der Waals surface area contributed by atoms with Crippen molar-refractivity contribution < 1.29 is 0 Å². The molecule has 0 atom stereocenters. The Labute approximate surface area is 145 Å². The van der Waals surface area contributed by atoms with Gasteiger partial charge in [-0.15, -0.1) is 22.7 Å². The van der Waals surface area contributed by atoms with E-state index in [9.17, 15) is 10.5 Å². The highest BCUT2D eigenvalue weighted by Gasteiger charge is 2.17. The number of aliphatic imine (C=N–C) groups is 2. The van der Waals surface area contributed by atoms with Crippen molar-refractivity contribution in [3.05, 3.63) is 55.9 Å². The fourth-order valence-electron chi connectivity index (χ4n) is 1.77. The van der Waals surface area contributed by atoms with Crippen LogP contribution in [0.4, 0.5) is 10.0 Å². The van der Waals surface area contributed by atoms with E-state index in [2.05, 4.69) is 22.1 Å². The van der Waals surface area contributed by atoms with E-state index >= 15 is 0 Å². The fourth-order valence-corrected chi connectivity index (χ4v) is 3.83. The molecule has 0 aliphatic rings. The zero-order chi connectivity index (χ0) is 16.1. The topological polar surface area (TPSA) is 72.3 Å². The van der Waals surface area contributed by atoms with Gasteiger partial charge in [0.1, 0.15) is 33.3 Å². The van der Waals surface area contributed by atoms with Crippen LogP contribution in [0.25, 0.3) is 0 Å². The zero-order valence-electron chi connectivity index (χ0n) is 11.6. The van der Waals surface area contributed by atoms with Crippen LogP contribution in [0.1, 0.15) is 20.9 Å². The van der Waals surface area contributed by atoms with Gasteiger partial charge in [0.2, 0.25) is 0 Å². The van der Waals surface area contributed by atoms with E-state index in [0.29, 0.717) is 10.0 Å². The van der Waals surface area contributed by atoms with Crippen LogP contribution in [0, 0.1) is 22.7 Å². The smallest absolute Gasteiger partial charge is 0.137 e. The third-order valence-corrected chi connectivity index (χ3v) is 5.42. The van der Waals surface area contributed by atoms with Crippen LogP contribution < -0.4 is 0 Å². The van der Waals surface area contributed by atoms with Gasteiger partial charge in [-0.2, -0.15) is 10.5 Å². The minimum Gasteiger partial charge on any atom is -0.243 e. The van der Waals surface area contributed by atoms with Gasteiger partial charge in [0.15, 0.2) is 0 Å². The van der Waals surface area contributed by atoms with Crippen molar-refractivity contribution in [1.29, 1.82) is 10.5 Å². The Bertz CT molecular complexity index is 856. The summed E-state index contributed by atoms with van der Waals surface area (Å²) < 4.78 is 0. The summed E-state index contributed by atoms with van der Waals surface area (Å²) in [7, 11) is 0. The number of hydrogen-bond acceptors (Lipinski definition) is 7. The van der Waals surface area contributed by atoms with Crippen LogP contribution in [0.2, 0.25) is 0 Å². The van der Waals surface area contributed by atoms with Gasteiger partial charge in [-0.1, -0.05) is 23.5 Å². The molecule has 0 aliphatic carbocycles. The molecule has 23 heavy (non-hydrogen) atoms. The summed E-state index contributed by atoms with van der Waals surface area (Å²) in [6.07, 6.45) is 3.40. The van der Waals surface area contributed by atoms with Gasteiger partial charge in [-0.3, -0.25) is 0 Å². The van der Waals surface area contributed by atoms with Crippen molar-refractivity contribution in [2.75, 3.05) is 0 Å². The molecule has 110 valence electrons. The highest BCUT2D eigenvalue weighted by Crippen LogP contribution is 2.40. The Hall–Kier alpha value is -2.58. The molecule has 0 aliphatic heterocycles. The predicted molar refractivity (Wildman–Crippen MR) is 96.9 cm³/mol. The molecule has 0 N–H and O–H groups in total. The summed E-state index contributed by atoms with van der Waals surface area (Å²) in [5.74, 6) is 0. The van der Waals surface area contributed by atoms with E-state index in [1.807, 2.05) is 35.0 Å². The largest absolute Gasteiger partial charge is 0.243 e. The molecule has 7 heteroatoms. The van der Waals surface area contributed by atoms with Gasteiger partial charge in [0.05, 0.1) is 0 Å². The van der Waals surface area contributed by atoms with E-state index in [0.717, 1.165) is 9.75 Å². The van der Waals surface area contributed by atoms with Crippen molar-refractivity contribution in [1.82, 2.24) is 0 Å². The molecule has 3 aromatic rings. The maximum atomic E-state index is 9.34. The lowest BCUT2D eigenvalue weighted by Crippen LogP contribution is -1.78. The van der Waals surface area contributed by atoms with Crippen LogP contribution in [-0.4, -0.2) is 12.4 Å². The Morgan fingerprint density at radius 2 is 1.30 bits per heavy atom. The second-order valence-electron chi connectivity index (χ2n) is 4.23. The molecule has 0 unspecified atom stereocenters. The summed E-state index contributed by atoms with van der Waals surface area (Å²) in [6.45, 7) is 0. The lowest BCUT2D eigenvalue weighted by molar-refractivity contribution is 1.44. The molecular formula is C16H8N4S3. The number of rotatable bonds is 4. The molecule has 3 rings (SSSR count). The molecule has 3 aromatic heterocycles. The molecule has 0 saturated heterocycles. The molecule has 0 aromatic carbocycles. The Kier molecular flexibility index (Phi) is 4.74. The third-order valence-electron chi connectivity index (χ3n) is 2.80. The quantitative estimate of drug-likeness (QED) is 0.612. The number of thiophene rings is 3. The molecule has 0 saturated carbocycles. The van der Waals surface area contributed by atoms with Crippen molar-refractivity contribution in [2.45, 2.75) is 0 Å². The summed E-state index contributed by atoms with van der Waals surface area (Å²) in [6, 6.07) is 11.9. The van der Waals surface area contributed by atoms with Gasteiger partial charge in [-0.25, -0.2) is 9.98 Å². The normalized spacial score (nSPS) is 11.0. The maximum absolute atomic E-state index is 9.34. The molecule has 0 amide bonds. The van der Waals surface area contributed by atoms with Gasteiger partial charge < -0.3 is 0 Å².